The molecule has 0 saturated carbocycles. The molecule has 19 heavy (non-hydrogen) atoms. The number of amides is 2. The summed E-state index contributed by atoms with van der Waals surface area (Å²) in [6, 6.07) is -1.03. The molecule has 0 bridgehead atoms. The molecule has 1 unspecified atom stereocenters. The third-order valence-electron chi connectivity index (χ3n) is 2.93. The van der Waals surface area contributed by atoms with Gasteiger partial charge in [-0.05, 0) is 43.8 Å². The molecule has 2 atom stereocenters. The van der Waals surface area contributed by atoms with Crippen molar-refractivity contribution in [3.05, 3.63) is 0 Å². The average molecular weight is 308 g/mol. The van der Waals surface area contributed by atoms with Crippen molar-refractivity contribution in [3.8, 4) is 0 Å². The van der Waals surface area contributed by atoms with Gasteiger partial charge in [-0.2, -0.15) is 23.5 Å². The van der Waals surface area contributed by atoms with Crippen molar-refractivity contribution in [3.63, 3.8) is 0 Å². The first-order valence-electron chi connectivity index (χ1n) is 6.18. The first-order valence-corrected chi connectivity index (χ1v) is 8.96. The number of nitrogens with zero attached hydrogens (tertiary/aromatic N) is 1. The van der Waals surface area contributed by atoms with Crippen molar-refractivity contribution < 1.29 is 14.7 Å². The van der Waals surface area contributed by atoms with Crippen LogP contribution in [0.4, 0.5) is 4.79 Å². The summed E-state index contributed by atoms with van der Waals surface area (Å²) < 4.78 is 0. The fraction of sp³-hybridized carbons (Fsp3) is 0.833. The maximum absolute atomic E-state index is 12.0. The highest BCUT2D eigenvalue weighted by Crippen LogP contribution is 2.07. The van der Waals surface area contributed by atoms with Crippen LogP contribution in [0.1, 0.15) is 19.8 Å². The normalized spacial score (nSPS) is 13.7. The number of carbonyl (C=O) groups excluding carboxylic acids is 1. The van der Waals surface area contributed by atoms with Crippen molar-refractivity contribution in [2.24, 2.45) is 0 Å². The van der Waals surface area contributed by atoms with Crippen molar-refractivity contribution in [2.75, 3.05) is 31.1 Å². The van der Waals surface area contributed by atoms with E-state index in [0.29, 0.717) is 12.2 Å². The van der Waals surface area contributed by atoms with Crippen molar-refractivity contribution in [1.29, 1.82) is 0 Å². The molecule has 0 aromatic rings. The fourth-order valence-electron chi connectivity index (χ4n) is 1.43. The number of hydrogen-bond acceptors (Lipinski definition) is 4. The Morgan fingerprint density at radius 2 is 1.74 bits per heavy atom. The first-order chi connectivity index (χ1) is 8.93. The van der Waals surface area contributed by atoms with Crippen LogP contribution in [0.3, 0.4) is 0 Å². The van der Waals surface area contributed by atoms with E-state index in [2.05, 4.69) is 5.32 Å². The second-order valence-electron chi connectivity index (χ2n) is 4.36. The molecule has 5 nitrogen and oxygen atoms in total. The Hall–Kier alpha value is -0.560. The predicted octanol–water partition coefficient (Wildman–Crippen LogP) is 1.98. The van der Waals surface area contributed by atoms with Gasteiger partial charge in [-0.25, -0.2) is 9.59 Å². The highest BCUT2D eigenvalue weighted by molar-refractivity contribution is 7.98. The number of carboxylic acid groups (broad SMARTS) is 1. The van der Waals surface area contributed by atoms with E-state index in [9.17, 15) is 9.59 Å². The summed E-state index contributed by atoms with van der Waals surface area (Å²) in [7, 11) is 1.70. The van der Waals surface area contributed by atoms with Crippen LogP contribution in [-0.4, -0.2) is 65.2 Å². The predicted molar refractivity (Wildman–Crippen MR) is 83.2 cm³/mol. The van der Waals surface area contributed by atoms with Gasteiger partial charge in [-0.1, -0.05) is 0 Å². The number of rotatable bonds is 9. The van der Waals surface area contributed by atoms with Crippen LogP contribution in [-0.2, 0) is 4.79 Å². The zero-order valence-electron chi connectivity index (χ0n) is 12.0. The molecule has 2 amide bonds. The van der Waals surface area contributed by atoms with E-state index in [4.69, 9.17) is 5.11 Å². The zero-order chi connectivity index (χ0) is 14.8. The van der Waals surface area contributed by atoms with Gasteiger partial charge in [-0.3, -0.25) is 0 Å². The molecule has 112 valence electrons. The smallest absolute Gasteiger partial charge is 0.326 e. The highest BCUT2D eigenvalue weighted by atomic mass is 32.2. The Kier molecular flexibility index (Phi) is 9.95. The van der Waals surface area contributed by atoms with Gasteiger partial charge < -0.3 is 15.3 Å². The SMILES string of the molecule is CSCCC(C)N(C)C(=O)N[C@@H](CCSC)C(=O)O. The molecule has 0 aliphatic carbocycles. The average Bonchev–Trinajstić information content (AvgIpc) is 2.39. The standard InChI is InChI=1S/C12H24N2O3S2/c1-9(5-7-18-3)14(2)12(17)13-10(11(15)16)6-8-19-4/h9-10H,5-8H2,1-4H3,(H,13,17)(H,15,16)/t9?,10-/m0/s1. The Balaban J connectivity index is 4.33. The van der Waals surface area contributed by atoms with E-state index >= 15 is 0 Å². The van der Waals surface area contributed by atoms with Gasteiger partial charge in [0.05, 0.1) is 0 Å². The van der Waals surface area contributed by atoms with Crippen LogP contribution in [0.15, 0.2) is 0 Å². The van der Waals surface area contributed by atoms with Gasteiger partial charge in [-0.15, -0.1) is 0 Å². The second kappa shape index (κ2) is 10.3. The Labute approximate surface area is 123 Å². The number of nitrogens with one attached hydrogen (secondary N) is 1. The topological polar surface area (TPSA) is 69.6 Å². The van der Waals surface area contributed by atoms with Crippen molar-refractivity contribution in [1.82, 2.24) is 10.2 Å². The van der Waals surface area contributed by atoms with Crippen LogP contribution in [0.25, 0.3) is 0 Å². The lowest BCUT2D eigenvalue weighted by atomic mass is 10.2. The van der Waals surface area contributed by atoms with Crippen LogP contribution in [0, 0.1) is 0 Å². The number of carboxylic acids is 1. The number of urea groups is 1. The molecule has 0 radical (unpaired) electrons. The largest absolute Gasteiger partial charge is 0.480 e. The molecular formula is C12H24N2O3S2. The highest BCUT2D eigenvalue weighted by Gasteiger charge is 2.23. The van der Waals surface area contributed by atoms with Gasteiger partial charge in [0, 0.05) is 13.1 Å². The van der Waals surface area contributed by atoms with E-state index in [-0.39, 0.29) is 12.1 Å². The molecule has 0 heterocycles. The van der Waals surface area contributed by atoms with Crippen LogP contribution in [0.5, 0.6) is 0 Å². The lowest BCUT2D eigenvalue weighted by molar-refractivity contribution is -0.139. The first kappa shape index (κ1) is 18.4. The summed E-state index contributed by atoms with van der Waals surface area (Å²) in [6.07, 6.45) is 5.27. The third-order valence-corrected chi connectivity index (χ3v) is 4.22. The van der Waals surface area contributed by atoms with Crippen molar-refractivity contribution >= 4 is 35.5 Å². The maximum atomic E-state index is 12.0. The molecule has 0 rings (SSSR count). The van der Waals surface area contributed by atoms with Gasteiger partial charge in [0.2, 0.25) is 0 Å². The summed E-state index contributed by atoms with van der Waals surface area (Å²) in [4.78, 5) is 24.6. The number of aliphatic carboxylic acids is 1. The van der Waals surface area contributed by atoms with Gasteiger partial charge in [0.15, 0.2) is 0 Å². The molecule has 0 aliphatic rings. The molecule has 0 fully saturated rings. The maximum Gasteiger partial charge on any atom is 0.326 e. The summed E-state index contributed by atoms with van der Waals surface area (Å²) >= 11 is 3.30. The van der Waals surface area contributed by atoms with E-state index in [1.807, 2.05) is 19.4 Å². The summed E-state index contributed by atoms with van der Waals surface area (Å²) in [6.45, 7) is 1.97. The number of thioether (sulfide) groups is 2. The minimum absolute atomic E-state index is 0.0995. The van der Waals surface area contributed by atoms with E-state index in [0.717, 1.165) is 12.2 Å². The lowest BCUT2D eigenvalue weighted by Crippen LogP contribution is -2.49. The van der Waals surface area contributed by atoms with Crippen LogP contribution in [0.2, 0.25) is 0 Å². The molecule has 0 aliphatic heterocycles. The summed E-state index contributed by atoms with van der Waals surface area (Å²) in [5.41, 5.74) is 0. The third kappa shape index (κ3) is 7.57. The van der Waals surface area contributed by atoms with Gasteiger partial charge in [0.1, 0.15) is 6.04 Å². The quantitative estimate of drug-likeness (QED) is 0.681. The lowest BCUT2D eigenvalue weighted by Gasteiger charge is -2.26. The summed E-state index contributed by atoms with van der Waals surface area (Å²) in [5, 5.41) is 11.6. The minimum Gasteiger partial charge on any atom is -0.480 e. The molecule has 0 aromatic carbocycles. The monoisotopic (exact) mass is 308 g/mol. The van der Waals surface area contributed by atoms with E-state index in [1.54, 1.807) is 35.5 Å². The second-order valence-corrected chi connectivity index (χ2v) is 6.33. The Morgan fingerprint density at radius 1 is 1.21 bits per heavy atom. The molecular weight excluding hydrogens is 284 g/mol. The van der Waals surface area contributed by atoms with Gasteiger partial charge in [0.25, 0.3) is 0 Å². The van der Waals surface area contributed by atoms with Crippen molar-refractivity contribution in [2.45, 2.75) is 31.8 Å². The molecule has 7 heteroatoms. The van der Waals surface area contributed by atoms with E-state index in [1.165, 1.54) is 0 Å². The Morgan fingerprint density at radius 3 is 2.21 bits per heavy atom. The molecule has 2 N–H and O–H groups in total. The zero-order valence-corrected chi connectivity index (χ0v) is 13.6. The van der Waals surface area contributed by atoms with Gasteiger partial charge >= 0.3 is 12.0 Å². The molecule has 0 saturated heterocycles. The van der Waals surface area contributed by atoms with Crippen LogP contribution < -0.4 is 5.32 Å². The van der Waals surface area contributed by atoms with E-state index < -0.39 is 12.0 Å². The molecule has 0 spiro atoms. The number of hydrogen-bond donors (Lipinski definition) is 2. The number of carbonyl (C=O) groups is 2. The Bertz CT molecular complexity index is 290. The molecule has 0 aromatic heterocycles. The minimum atomic E-state index is -0.979. The van der Waals surface area contributed by atoms with Crippen LogP contribution >= 0.6 is 23.5 Å². The fourth-order valence-corrected chi connectivity index (χ4v) is 2.47. The summed E-state index contributed by atoms with van der Waals surface area (Å²) in [5.74, 6) is 0.712.